The molecule has 0 unspecified atom stereocenters. The molecule has 3 aliphatic rings. The van der Waals surface area contributed by atoms with E-state index in [-0.39, 0.29) is 24.2 Å². The lowest BCUT2D eigenvalue weighted by molar-refractivity contribution is -0.144. The molecule has 2 N–H and O–H groups in total. The van der Waals surface area contributed by atoms with Crippen LogP contribution in [0.3, 0.4) is 0 Å². The minimum atomic E-state index is -0.646. The molecule has 3 rings (SSSR count). The number of carbonyl (C=O) groups is 2. The van der Waals surface area contributed by atoms with Crippen LogP contribution < -0.4 is 5.73 Å². The highest BCUT2D eigenvalue weighted by molar-refractivity contribution is 5.86. The van der Waals surface area contributed by atoms with Crippen molar-refractivity contribution in [3.63, 3.8) is 0 Å². The minimum Gasteiger partial charge on any atom is -0.339 e. The summed E-state index contributed by atoms with van der Waals surface area (Å²) in [6, 6.07) is 0. The summed E-state index contributed by atoms with van der Waals surface area (Å²) in [5.41, 5.74) is 5.73. The van der Waals surface area contributed by atoms with Crippen molar-refractivity contribution >= 4 is 24.2 Å². The molecule has 1 saturated heterocycles. The predicted molar refractivity (Wildman–Crippen MR) is 102 cm³/mol. The number of nitrogens with zero attached hydrogens (tertiary/aromatic N) is 2. The summed E-state index contributed by atoms with van der Waals surface area (Å²) in [5, 5.41) is 0. The van der Waals surface area contributed by atoms with Gasteiger partial charge < -0.3 is 15.5 Å². The number of hydrogen-bond donors (Lipinski definition) is 1. The highest BCUT2D eigenvalue weighted by Gasteiger charge is 2.39. The summed E-state index contributed by atoms with van der Waals surface area (Å²) >= 11 is 0. The number of nitrogens with two attached hydrogens (primary N) is 1. The highest BCUT2D eigenvalue weighted by atomic mass is 35.5. The van der Waals surface area contributed by atoms with Crippen molar-refractivity contribution in [3.05, 3.63) is 0 Å². The SMILES string of the molecule is Cl.NC1(C(=O)N2CCN(C(=O)CC3CCCCC3)CC2)CCCCC1. The zero-order valence-electron chi connectivity index (χ0n) is 15.4. The molecular formula is C19H34ClN3O2. The predicted octanol–water partition coefficient (Wildman–Crippen LogP) is 2.71. The van der Waals surface area contributed by atoms with Crippen LogP contribution in [-0.4, -0.2) is 53.3 Å². The summed E-state index contributed by atoms with van der Waals surface area (Å²) < 4.78 is 0. The van der Waals surface area contributed by atoms with Gasteiger partial charge >= 0.3 is 0 Å². The van der Waals surface area contributed by atoms with Crippen LogP contribution in [0, 0.1) is 5.92 Å². The Balaban J connectivity index is 0.00000225. The van der Waals surface area contributed by atoms with Crippen LogP contribution in [0.5, 0.6) is 0 Å². The summed E-state index contributed by atoms with van der Waals surface area (Å²) in [5.74, 6) is 0.983. The number of amides is 2. The third kappa shape index (κ3) is 5.10. The summed E-state index contributed by atoms with van der Waals surface area (Å²) in [6.45, 7) is 2.64. The monoisotopic (exact) mass is 371 g/mol. The van der Waals surface area contributed by atoms with Gasteiger partial charge in [-0.3, -0.25) is 9.59 Å². The Morgan fingerprint density at radius 3 is 1.96 bits per heavy atom. The average molecular weight is 372 g/mol. The highest BCUT2D eigenvalue weighted by Crippen LogP contribution is 2.29. The third-order valence-electron chi connectivity index (χ3n) is 6.28. The van der Waals surface area contributed by atoms with Gasteiger partial charge in [0.2, 0.25) is 11.8 Å². The zero-order chi connectivity index (χ0) is 17.0. The quantitative estimate of drug-likeness (QED) is 0.829. The minimum absolute atomic E-state index is 0. The van der Waals surface area contributed by atoms with Gasteiger partial charge in [-0.1, -0.05) is 38.5 Å². The number of halogens is 1. The first kappa shape index (κ1) is 20.5. The maximum absolute atomic E-state index is 12.8. The molecule has 0 radical (unpaired) electrons. The Kier molecular flexibility index (Phi) is 7.56. The van der Waals surface area contributed by atoms with E-state index in [0.717, 1.165) is 25.7 Å². The molecule has 5 nitrogen and oxygen atoms in total. The Bertz CT molecular complexity index is 452. The van der Waals surface area contributed by atoms with E-state index in [2.05, 4.69) is 0 Å². The van der Waals surface area contributed by atoms with Gasteiger partial charge in [0, 0.05) is 32.6 Å². The number of carbonyl (C=O) groups excluding carboxylic acids is 2. The van der Waals surface area contributed by atoms with Crippen molar-refractivity contribution in [1.82, 2.24) is 9.80 Å². The molecular weight excluding hydrogens is 338 g/mol. The number of hydrogen-bond acceptors (Lipinski definition) is 3. The second-order valence-corrected chi connectivity index (χ2v) is 8.10. The van der Waals surface area contributed by atoms with E-state index >= 15 is 0 Å². The summed E-state index contributed by atoms with van der Waals surface area (Å²) in [7, 11) is 0. The lowest BCUT2D eigenvalue weighted by atomic mass is 9.81. The first-order chi connectivity index (χ1) is 11.6. The van der Waals surface area contributed by atoms with Gasteiger partial charge in [0.1, 0.15) is 0 Å². The van der Waals surface area contributed by atoms with E-state index in [9.17, 15) is 9.59 Å². The molecule has 0 atom stereocenters. The fourth-order valence-electron chi connectivity index (χ4n) is 4.64. The van der Waals surface area contributed by atoms with Crippen molar-refractivity contribution in [3.8, 4) is 0 Å². The maximum Gasteiger partial charge on any atom is 0.242 e. The van der Waals surface area contributed by atoms with Gasteiger partial charge in [0.25, 0.3) is 0 Å². The van der Waals surface area contributed by atoms with E-state index in [1.165, 1.54) is 38.5 Å². The molecule has 0 aromatic heterocycles. The molecule has 3 fully saturated rings. The third-order valence-corrected chi connectivity index (χ3v) is 6.28. The van der Waals surface area contributed by atoms with E-state index < -0.39 is 5.54 Å². The lowest BCUT2D eigenvalue weighted by Crippen LogP contribution is -2.60. The largest absolute Gasteiger partial charge is 0.339 e. The van der Waals surface area contributed by atoms with Gasteiger partial charge in [-0.25, -0.2) is 0 Å². The molecule has 2 saturated carbocycles. The van der Waals surface area contributed by atoms with Crippen LogP contribution in [-0.2, 0) is 9.59 Å². The Morgan fingerprint density at radius 1 is 0.840 bits per heavy atom. The van der Waals surface area contributed by atoms with Gasteiger partial charge in [-0.05, 0) is 31.6 Å². The first-order valence-electron chi connectivity index (χ1n) is 9.94. The molecule has 0 spiro atoms. The van der Waals surface area contributed by atoms with Crippen molar-refractivity contribution in [2.24, 2.45) is 11.7 Å². The van der Waals surface area contributed by atoms with Crippen molar-refractivity contribution in [1.29, 1.82) is 0 Å². The zero-order valence-corrected chi connectivity index (χ0v) is 16.2. The normalized spacial score (nSPS) is 24.5. The van der Waals surface area contributed by atoms with Crippen molar-refractivity contribution in [2.75, 3.05) is 26.2 Å². The lowest BCUT2D eigenvalue weighted by Gasteiger charge is -2.41. The second kappa shape index (κ2) is 9.22. The molecule has 1 heterocycles. The molecule has 2 aliphatic carbocycles. The van der Waals surface area contributed by atoms with Crippen LogP contribution in [0.4, 0.5) is 0 Å². The molecule has 6 heteroatoms. The molecule has 2 amide bonds. The fraction of sp³-hybridized carbons (Fsp3) is 0.895. The topological polar surface area (TPSA) is 66.6 Å². The maximum atomic E-state index is 12.8. The molecule has 0 aromatic rings. The molecule has 1 aliphatic heterocycles. The van der Waals surface area contributed by atoms with Crippen molar-refractivity contribution in [2.45, 2.75) is 76.2 Å². The second-order valence-electron chi connectivity index (χ2n) is 8.10. The van der Waals surface area contributed by atoms with E-state index in [4.69, 9.17) is 5.73 Å². The summed E-state index contributed by atoms with van der Waals surface area (Å²) in [4.78, 5) is 29.1. The Labute approximate surface area is 158 Å². The van der Waals surface area contributed by atoms with E-state index in [1.807, 2.05) is 9.80 Å². The van der Waals surface area contributed by atoms with Crippen LogP contribution in [0.15, 0.2) is 0 Å². The van der Waals surface area contributed by atoms with Crippen LogP contribution in [0.2, 0.25) is 0 Å². The smallest absolute Gasteiger partial charge is 0.242 e. The number of rotatable bonds is 3. The fourth-order valence-corrected chi connectivity index (χ4v) is 4.64. The van der Waals surface area contributed by atoms with Crippen molar-refractivity contribution < 1.29 is 9.59 Å². The van der Waals surface area contributed by atoms with Crippen LogP contribution in [0.1, 0.15) is 70.6 Å². The van der Waals surface area contributed by atoms with Gasteiger partial charge in [0.05, 0.1) is 5.54 Å². The van der Waals surface area contributed by atoms with Gasteiger partial charge in [-0.15, -0.1) is 12.4 Å². The van der Waals surface area contributed by atoms with Gasteiger partial charge in [-0.2, -0.15) is 0 Å². The molecule has 144 valence electrons. The Hall–Kier alpha value is -0.810. The first-order valence-corrected chi connectivity index (χ1v) is 9.94. The molecule has 0 bridgehead atoms. The van der Waals surface area contributed by atoms with Crippen LogP contribution in [0.25, 0.3) is 0 Å². The van der Waals surface area contributed by atoms with E-state index in [0.29, 0.717) is 38.5 Å². The van der Waals surface area contributed by atoms with Crippen LogP contribution >= 0.6 is 12.4 Å². The molecule has 0 aromatic carbocycles. The summed E-state index contributed by atoms with van der Waals surface area (Å²) in [6.07, 6.45) is 11.9. The standard InChI is InChI=1S/C19H33N3O2.ClH/c20-19(9-5-2-6-10-19)18(24)22-13-11-21(12-14-22)17(23)15-16-7-3-1-4-8-16;/h16H,1-15,20H2;1H. The molecule has 25 heavy (non-hydrogen) atoms. The van der Waals surface area contributed by atoms with Gasteiger partial charge in [0.15, 0.2) is 0 Å². The average Bonchev–Trinajstić information content (AvgIpc) is 2.63. The number of piperazine rings is 1. The van der Waals surface area contributed by atoms with E-state index in [1.54, 1.807) is 0 Å². The Morgan fingerprint density at radius 2 is 1.36 bits per heavy atom.